The number of hydrogen-bond acceptors (Lipinski definition) is 7. The first-order valence-corrected chi connectivity index (χ1v) is 9.41. The highest BCUT2D eigenvalue weighted by Gasteiger charge is 2.10. The van der Waals surface area contributed by atoms with Crippen molar-refractivity contribution in [1.29, 1.82) is 0 Å². The van der Waals surface area contributed by atoms with Crippen molar-refractivity contribution < 1.29 is 19.0 Å². The van der Waals surface area contributed by atoms with Gasteiger partial charge in [0.1, 0.15) is 5.76 Å². The molecule has 0 aliphatic rings. The summed E-state index contributed by atoms with van der Waals surface area (Å²) in [6, 6.07) is 14.0. The zero-order valence-corrected chi connectivity index (χ0v) is 16.1. The van der Waals surface area contributed by atoms with Gasteiger partial charge < -0.3 is 15.2 Å². The number of rotatable bonds is 7. The molecular formula is C19H16N4O5S. The van der Waals surface area contributed by atoms with Crippen LogP contribution >= 0.6 is 11.8 Å². The Morgan fingerprint density at radius 2 is 1.79 bits per heavy atom. The predicted molar refractivity (Wildman–Crippen MR) is 108 cm³/mol. The number of carbonyl (C=O) groups is 2. The van der Waals surface area contributed by atoms with E-state index in [0.717, 1.165) is 4.90 Å². The van der Waals surface area contributed by atoms with Gasteiger partial charge in [-0.05, 0) is 43.3 Å². The zero-order valence-electron chi connectivity index (χ0n) is 15.2. The second-order valence-electron chi connectivity index (χ2n) is 5.94. The van der Waals surface area contributed by atoms with Crippen LogP contribution in [0.4, 0.5) is 17.2 Å². The van der Waals surface area contributed by atoms with E-state index in [-0.39, 0.29) is 23.3 Å². The molecule has 0 aliphatic carbocycles. The van der Waals surface area contributed by atoms with Crippen LogP contribution in [0.15, 0.2) is 64.0 Å². The summed E-state index contributed by atoms with van der Waals surface area (Å²) in [7, 11) is 0. The number of nitrogens with one attached hydrogen (secondary N) is 2. The fourth-order valence-electron chi connectivity index (χ4n) is 2.33. The molecule has 1 aromatic heterocycles. The lowest BCUT2D eigenvalue weighted by Gasteiger charge is -2.07. The molecule has 0 aliphatic heterocycles. The van der Waals surface area contributed by atoms with E-state index in [2.05, 4.69) is 15.8 Å². The minimum atomic E-state index is -0.523. The predicted octanol–water partition coefficient (Wildman–Crippen LogP) is 3.87. The van der Waals surface area contributed by atoms with Crippen LogP contribution in [0.5, 0.6) is 0 Å². The third-order valence-electron chi connectivity index (χ3n) is 3.72. The van der Waals surface area contributed by atoms with E-state index in [9.17, 15) is 19.7 Å². The minimum absolute atomic E-state index is 0.0781. The molecule has 0 atom stereocenters. The number of anilines is 2. The highest BCUT2D eigenvalue weighted by molar-refractivity contribution is 8.00. The molecule has 0 radical (unpaired) electrons. The molecule has 0 saturated heterocycles. The lowest BCUT2D eigenvalue weighted by molar-refractivity contribution is -0.384. The number of benzene rings is 2. The second-order valence-corrected chi connectivity index (χ2v) is 6.99. The van der Waals surface area contributed by atoms with Gasteiger partial charge in [0.2, 0.25) is 5.91 Å². The SMILES string of the molecule is Cc1cc(NC(=O)CSc2ccc(NC(=O)c3ccc([N+](=O)[O-])cc3)cc2)no1. The monoisotopic (exact) mass is 412 g/mol. The van der Waals surface area contributed by atoms with Crippen LogP contribution in [0.3, 0.4) is 0 Å². The molecule has 10 heteroatoms. The molecule has 148 valence electrons. The van der Waals surface area contributed by atoms with Crippen molar-refractivity contribution in [3.63, 3.8) is 0 Å². The molecule has 2 N–H and O–H groups in total. The van der Waals surface area contributed by atoms with E-state index in [1.165, 1.54) is 36.0 Å². The van der Waals surface area contributed by atoms with Crippen molar-refractivity contribution >= 4 is 40.8 Å². The molecule has 0 saturated carbocycles. The van der Waals surface area contributed by atoms with Crippen LogP contribution in [0.2, 0.25) is 0 Å². The maximum absolute atomic E-state index is 12.2. The van der Waals surface area contributed by atoms with Gasteiger partial charge in [-0.25, -0.2) is 0 Å². The molecule has 1 heterocycles. The number of thioether (sulfide) groups is 1. The fraction of sp³-hybridized carbons (Fsp3) is 0.105. The molecule has 0 unspecified atom stereocenters. The lowest BCUT2D eigenvalue weighted by atomic mass is 10.2. The Balaban J connectivity index is 1.51. The van der Waals surface area contributed by atoms with Gasteiger partial charge in [0, 0.05) is 34.3 Å². The van der Waals surface area contributed by atoms with Crippen LogP contribution in [-0.2, 0) is 4.79 Å². The summed E-state index contributed by atoms with van der Waals surface area (Å²) >= 11 is 1.34. The average Bonchev–Trinajstić information content (AvgIpc) is 3.12. The van der Waals surface area contributed by atoms with E-state index >= 15 is 0 Å². The minimum Gasteiger partial charge on any atom is -0.360 e. The van der Waals surface area contributed by atoms with Crippen LogP contribution in [-0.4, -0.2) is 27.6 Å². The highest BCUT2D eigenvalue weighted by atomic mass is 32.2. The number of carbonyl (C=O) groups excluding carboxylic acids is 2. The Bertz CT molecular complexity index is 1030. The number of nitro benzene ring substituents is 1. The Morgan fingerprint density at radius 3 is 2.38 bits per heavy atom. The first kappa shape index (κ1) is 20.1. The van der Waals surface area contributed by atoms with Gasteiger partial charge in [0.05, 0.1) is 10.7 Å². The standard InChI is InChI=1S/C19H16N4O5S/c1-12-10-17(22-28-12)21-18(24)11-29-16-8-4-14(5-9-16)20-19(25)13-2-6-15(7-3-13)23(26)27/h2-10H,11H2,1H3,(H,20,25)(H,21,22,24). The summed E-state index contributed by atoms with van der Waals surface area (Å²) in [4.78, 5) is 35.1. The van der Waals surface area contributed by atoms with Crippen molar-refractivity contribution in [2.45, 2.75) is 11.8 Å². The van der Waals surface area contributed by atoms with Gasteiger partial charge in [-0.15, -0.1) is 11.8 Å². The van der Waals surface area contributed by atoms with Gasteiger partial charge in [-0.2, -0.15) is 0 Å². The number of aromatic nitrogens is 1. The molecule has 0 fully saturated rings. The van der Waals surface area contributed by atoms with Gasteiger partial charge in [0.15, 0.2) is 5.82 Å². The molecule has 2 amide bonds. The van der Waals surface area contributed by atoms with Crippen molar-refractivity contribution in [3.8, 4) is 0 Å². The molecule has 0 bridgehead atoms. The van der Waals surface area contributed by atoms with Crippen molar-refractivity contribution in [2.24, 2.45) is 0 Å². The molecule has 3 aromatic rings. The highest BCUT2D eigenvalue weighted by Crippen LogP contribution is 2.21. The maximum Gasteiger partial charge on any atom is 0.269 e. The Labute approximate surface area is 169 Å². The normalized spacial score (nSPS) is 10.4. The van der Waals surface area contributed by atoms with Crippen LogP contribution in [0.25, 0.3) is 0 Å². The maximum atomic E-state index is 12.2. The first-order valence-electron chi connectivity index (χ1n) is 8.42. The Kier molecular flexibility index (Phi) is 6.25. The van der Waals surface area contributed by atoms with Gasteiger partial charge in [0.25, 0.3) is 11.6 Å². The summed E-state index contributed by atoms with van der Waals surface area (Å²) in [6.45, 7) is 1.74. The Hall–Kier alpha value is -3.66. The van der Waals surface area contributed by atoms with Gasteiger partial charge in [-0.1, -0.05) is 5.16 Å². The fourth-order valence-corrected chi connectivity index (χ4v) is 3.02. The average molecular weight is 412 g/mol. The second kappa shape index (κ2) is 9.02. The number of nitro groups is 1. The quantitative estimate of drug-likeness (QED) is 0.342. The number of hydrogen-bond donors (Lipinski definition) is 2. The van der Waals surface area contributed by atoms with Gasteiger partial charge >= 0.3 is 0 Å². The number of non-ortho nitro benzene ring substituents is 1. The van der Waals surface area contributed by atoms with E-state index in [4.69, 9.17) is 4.52 Å². The summed E-state index contributed by atoms with van der Waals surface area (Å²) in [5.41, 5.74) is 0.805. The molecular weight excluding hydrogens is 396 g/mol. The van der Waals surface area contributed by atoms with Crippen LogP contribution < -0.4 is 10.6 Å². The van der Waals surface area contributed by atoms with E-state index in [0.29, 0.717) is 22.8 Å². The third-order valence-corrected chi connectivity index (χ3v) is 4.73. The van der Waals surface area contributed by atoms with E-state index in [1.54, 1.807) is 37.3 Å². The van der Waals surface area contributed by atoms with Crippen LogP contribution in [0, 0.1) is 17.0 Å². The molecule has 29 heavy (non-hydrogen) atoms. The Morgan fingerprint density at radius 1 is 1.10 bits per heavy atom. The summed E-state index contributed by atoms with van der Waals surface area (Å²) in [6.07, 6.45) is 0. The van der Waals surface area contributed by atoms with E-state index < -0.39 is 4.92 Å². The van der Waals surface area contributed by atoms with Crippen molar-refractivity contribution in [2.75, 3.05) is 16.4 Å². The summed E-state index contributed by atoms with van der Waals surface area (Å²) in [5, 5.41) is 19.7. The number of amides is 2. The van der Waals surface area contributed by atoms with Gasteiger partial charge in [-0.3, -0.25) is 19.7 Å². The smallest absolute Gasteiger partial charge is 0.269 e. The first-order chi connectivity index (χ1) is 13.9. The summed E-state index contributed by atoms with van der Waals surface area (Å²) in [5.74, 6) is 0.596. The molecule has 9 nitrogen and oxygen atoms in total. The lowest BCUT2D eigenvalue weighted by Crippen LogP contribution is -2.14. The van der Waals surface area contributed by atoms with Crippen LogP contribution in [0.1, 0.15) is 16.1 Å². The van der Waals surface area contributed by atoms with Crippen molar-refractivity contribution in [1.82, 2.24) is 5.16 Å². The molecule has 2 aromatic carbocycles. The van der Waals surface area contributed by atoms with Crippen molar-refractivity contribution in [3.05, 3.63) is 76.0 Å². The topological polar surface area (TPSA) is 127 Å². The number of nitrogens with zero attached hydrogens (tertiary/aromatic N) is 2. The molecule has 0 spiro atoms. The molecule has 3 rings (SSSR count). The summed E-state index contributed by atoms with van der Waals surface area (Å²) < 4.78 is 4.89. The number of aryl methyl sites for hydroxylation is 1. The van der Waals surface area contributed by atoms with E-state index in [1.807, 2.05) is 0 Å². The third kappa shape index (κ3) is 5.66. The largest absolute Gasteiger partial charge is 0.360 e. The zero-order chi connectivity index (χ0) is 20.8.